The summed E-state index contributed by atoms with van der Waals surface area (Å²) in [4.78, 5) is 0. The highest BCUT2D eigenvalue weighted by molar-refractivity contribution is 7.71. The van der Waals surface area contributed by atoms with Gasteiger partial charge in [0.05, 0.1) is 25.5 Å². The van der Waals surface area contributed by atoms with Gasteiger partial charge in [0.1, 0.15) is 11.5 Å². The second-order valence-electron chi connectivity index (χ2n) is 5.53. The third kappa shape index (κ3) is 4.00. The Labute approximate surface area is 157 Å². The number of H-pyrrole nitrogens is 1. The molecular formula is C19H20N4O2S. The number of nitrogens with zero attached hydrogens (tertiary/aromatic N) is 3. The van der Waals surface area contributed by atoms with E-state index >= 15 is 0 Å². The average Bonchev–Trinajstić information content (AvgIpc) is 3.05. The lowest BCUT2D eigenvalue weighted by molar-refractivity contribution is 0.317. The maximum atomic E-state index is 5.59. The molecule has 0 saturated carbocycles. The van der Waals surface area contributed by atoms with Gasteiger partial charge in [0.25, 0.3) is 0 Å². The van der Waals surface area contributed by atoms with Crippen LogP contribution in [0.15, 0.2) is 53.6 Å². The number of benzene rings is 2. The van der Waals surface area contributed by atoms with Crippen LogP contribution in [0.5, 0.6) is 11.5 Å². The highest BCUT2D eigenvalue weighted by Gasteiger charge is 2.12. The summed E-state index contributed by atoms with van der Waals surface area (Å²) in [5.41, 5.74) is 1.74. The number of para-hydroxylation sites is 1. The standard InChI is InChI=1S/C19H20N4O2S/c1-3-12-25-15-10-8-14(9-11-15)13-20-23-18(21-22-19(23)26)16-6-4-5-7-17(16)24-2/h4-11,13H,3,12H2,1-2H3,(H,22,26)/b20-13-. The topological polar surface area (TPSA) is 64.4 Å². The monoisotopic (exact) mass is 368 g/mol. The van der Waals surface area contributed by atoms with Crippen molar-refractivity contribution in [3.05, 3.63) is 58.9 Å². The van der Waals surface area contributed by atoms with Crippen LogP contribution in [0.4, 0.5) is 0 Å². The first-order valence-electron chi connectivity index (χ1n) is 8.31. The third-order valence-electron chi connectivity index (χ3n) is 3.67. The predicted molar refractivity (Wildman–Crippen MR) is 105 cm³/mol. The first-order chi connectivity index (χ1) is 12.7. The summed E-state index contributed by atoms with van der Waals surface area (Å²) < 4.78 is 13.0. The van der Waals surface area contributed by atoms with Crippen LogP contribution >= 0.6 is 12.2 Å². The van der Waals surface area contributed by atoms with Gasteiger partial charge in [-0.05, 0) is 60.6 Å². The van der Waals surface area contributed by atoms with E-state index in [0.717, 1.165) is 23.3 Å². The van der Waals surface area contributed by atoms with Gasteiger partial charge < -0.3 is 9.47 Å². The van der Waals surface area contributed by atoms with Crippen molar-refractivity contribution in [1.29, 1.82) is 0 Å². The van der Waals surface area contributed by atoms with Crippen molar-refractivity contribution in [2.45, 2.75) is 13.3 Å². The number of hydrogen-bond donors (Lipinski definition) is 1. The molecule has 0 amide bonds. The minimum atomic E-state index is 0.407. The molecule has 26 heavy (non-hydrogen) atoms. The van der Waals surface area contributed by atoms with Crippen LogP contribution in [-0.4, -0.2) is 34.8 Å². The van der Waals surface area contributed by atoms with Crippen molar-refractivity contribution in [2.75, 3.05) is 13.7 Å². The van der Waals surface area contributed by atoms with E-state index in [2.05, 4.69) is 22.2 Å². The largest absolute Gasteiger partial charge is 0.496 e. The fraction of sp³-hybridized carbons (Fsp3) is 0.211. The molecule has 0 bridgehead atoms. The number of methoxy groups -OCH3 is 1. The quantitative estimate of drug-likeness (QED) is 0.499. The van der Waals surface area contributed by atoms with Gasteiger partial charge in [-0.1, -0.05) is 19.1 Å². The highest BCUT2D eigenvalue weighted by Crippen LogP contribution is 2.28. The summed E-state index contributed by atoms with van der Waals surface area (Å²) in [6.45, 7) is 2.79. The van der Waals surface area contributed by atoms with Crippen LogP contribution < -0.4 is 9.47 Å². The normalized spacial score (nSPS) is 11.0. The van der Waals surface area contributed by atoms with E-state index in [1.807, 2.05) is 48.5 Å². The van der Waals surface area contributed by atoms with E-state index in [1.165, 1.54) is 0 Å². The number of ether oxygens (including phenoxy) is 2. The van der Waals surface area contributed by atoms with Gasteiger partial charge in [-0.25, -0.2) is 5.10 Å². The van der Waals surface area contributed by atoms with Gasteiger partial charge in [0.2, 0.25) is 4.77 Å². The number of aromatic nitrogens is 3. The molecule has 0 radical (unpaired) electrons. The minimum absolute atomic E-state index is 0.407. The minimum Gasteiger partial charge on any atom is -0.496 e. The third-order valence-corrected chi connectivity index (χ3v) is 3.94. The molecule has 134 valence electrons. The fourth-order valence-corrected chi connectivity index (χ4v) is 2.58. The second-order valence-corrected chi connectivity index (χ2v) is 5.91. The zero-order valence-electron chi connectivity index (χ0n) is 14.7. The van der Waals surface area contributed by atoms with Crippen molar-refractivity contribution in [3.8, 4) is 22.9 Å². The van der Waals surface area contributed by atoms with E-state index in [-0.39, 0.29) is 0 Å². The molecule has 3 aromatic rings. The van der Waals surface area contributed by atoms with E-state index in [0.29, 0.717) is 23.0 Å². The van der Waals surface area contributed by atoms with Crippen LogP contribution in [0.2, 0.25) is 0 Å². The first-order valence-corrected chi connectivity index (χ1v) is 8.71. The first kappa shape index (κ1) is 17.9. The van der Waals surface area contributed by atoms with Gasteiger partial charge in [-0.2, -0.15) is 14.9 Å². The van der Waals surface area contributed by atoms with Crippen molar-refractivity contribution < 1.29 is 9.47 Å². The molecule has 6 nitrogen and oxygen atoms in total. The van der Waals surface area contributed by atoms with E-state index < -0.39 is 0 Å². The summed E-state index contributed by atoms with van der Waals surface area (Å²) in [5.74, 6) is 2.14. The van der Waals surface area contributed by atoms with Gasteiger partial charge in [0, 0.05) is 0 Å². The van der Waals surface area contributed by atoms with Gasteiger partial charge in [0.15, 0.2) is 5.82 Å². The van der Waals surface area contributed by atoms with Crippen LogP contribution in [0.3, 0.4) is 0 Å². The molecule has 2 aromatic carbocycles. The van der Waals surface area contributed by atoms with Crippen molar-refractivity contribution in [2.24, 2.45) is 5.10 Å². The number of hydrogen-bond acceptors (Lipinski definition) is 5. The van der Waals surface area contributed by atoms with E-state index in [9.17, 15) is 0 Å². The predicted octanol–water partition coefficient (Wildman–Crippen LogP) is 4.29. The number of rotatable bonds is 7. The molecule has 0 fully saturated rings. The Hall–Kier alpha value is -2.93. The highest BCUT2D eigenvalue weighted by atomic mass is 32.1. The molecule has 0 atom stereocenters. The molecule has 1 aromatic heterocycles. The summed E-state index contributed by atoms with van der Waals surface area (Å²) in [7, 11) is 1.62. The molecule has 1 heterocycles. The lowest BCUT2D eigenvalue weighted by Crippen LogP contribution is -1.97. The van der Waals surface area contributed by atoms with Crippen molar-refractivity contribution >= 4 is 18.4 Å². The molecule has 7 heteroatoms. The summed E-state index contributed by atoms with van der Waals surface area (Å²) in [6, 6.07) is 15.3. The smallest absolute Gasteiger partial charge is 0.216 e. The fourth-order valence-electron chi connectivity index (χ4n) is 2.40. The number of nitrogens with one attached hydrogen (secondary N) is 1. The maximum Gasteiger partial charge on any atom is 0.216 e. The van der Waals surface area contributed by atoms with Crippen molar-refractivity contribution in [1.82, 2.24) is 14.9 Å². The lowest BCUT2D eigenvalue weighted by Gasteiger charge is -2.07. The van der Waals surface area contributed by atoms with E-state index in [1.54, 1.807) is 18.0 Å². The Morgan fingerprint density at radius 2 is 1.96 bits per heavy atom. The molecule has 0 unspecified atom stereocenters. The molecule has 0 aliphatic carbocycles. The molecule has 1 N–H and O–H groups in total. The molecule has 0 aliphatic heterocycles. The average molecular weight is 368 g/mol. The van der Waals surface area contributed by atoms with Crippen molar-refractivity contribution in [3.63, 3.8) is 0 Å². The Bertz CT molecular complexity index is 945. The van der Waals surface area contributed by atoms with E-state index in [4.69, 9.17) is 21.7 Å². The van der Waals surface area contributed by atoms with Crippen LogP contribution in [0.25, 0.3) is 11.4 Å². The zero-order chi connectivity index (χ0) is 18.4. The molecule has 0 saturated heterocycles. The summed E-state index contributed by atoms with van der Waals surface area (Å²) in [6.07, 6.45) is 2.71. The van der Waals surface area contributed by atoms with Gasteiger partial charge in [-0.3, -0.25) is 0 Å². The molecule has 0 spiro atoms. The Morgan fingerprint density at radius 3 is 2.69 bits per heavy atom. The van der Waals surface area contributed by atoms with Gasteiger partial charge >= 0.3 is 0 Å². The molecule has 0 aliphatic rings. The van der Waals surface area contributed by atoms with Crippen LogP contribution in [-0.2, 0) is 0 Å². The Balaban J connectivity index is 1.88. The van der Waals surface area contributed by atoms with Crippen LogP contribution in [0, 0.1) is 4.77 Å². The SMILES string of the molecule is CCCOc1ccc(/C=N\n2c(-c3ccccc3OC)n[nH]c2=S)cc1. The molecule has 3 rings (SSSR count). The summed E-state index contributed by atoms with van der Waals surface area (Å²) in [5, 5.41) is 11.5. The maximum absolute atomic E-state index is 5.59. The second kappa shape index (κ2) is 8.44. The summed E-state index contributed by atoms with van der Waals surface area (Å²) >= 11 is 5.31. The zero-order valence-corrected chi connectivity index (χ0v) is 15.5. The molecular weight excluding hydrogens is 348 g/mol. The Kier molecular flexibility index (Phi) is 5.80. The number of aromatic amines is 1. The van der Waals surface area contributed by atoms with Crippen LogP contribution in [0.1, 0.15) is 18.9 Å². The van der Waals surface area contributed by atoms with Gasteiger partial charge in [-0.15, -0.1) is 0 Å². The Morgan fingerprint density at radius 1 is 1.19 bits per heavy atom. The lowest BCUT2D eigenvalue weighted by atomic mass is 10.2.